The Hall–Kier alpha value is -3.16. The number of carbonyl (C=O) groups is 1. The van der Waals surface area contributed by atoms with Gasteiger partial charge in [0.15, 0.2) is 0 Å². The lowest BCUT2D eigenvalue weighted by Crippen LogP contribution is -2.26. The number of amides is 1. The van der Waals surface area contributed by atoms with Crippen molar-refractivity contribution in [1.82, 2.24) is 5.32 Å². The zero-order valence-corrected chi connectivity index (χ0v) is 14.8. The van der Waals surface area contributed by atoms with E-state index in [0.717, 1.165) is 12.8 Å². The lowest BCUT2D eigenvalue weighted by Gasteiger charge is -2.08. The lowest BCUT2D eigenvalue weighted by atomic mass is 10.2. The minimum absolute atomic E-state index is 0.0148. The number of hydrogen-bond acceptors (Lipinski definition) is 5. The highest BCUT2D eigenvalue weighted by Gasteiger charge is 2.11. The van der Waals surface area contributed by atoms with Crippen LogP contribution in [0.4, 0.5) is 15.8 Å². The average molecular weight is 375 g/mol. The Morgan fingerprint density at radius 2 is 1.81 bits per heavy atom. The molecule has 0 aliphatic carbocycles. The molecule has 0 saturated carbocycles. The fourth-order valence-electron chi connectivity index (χ4n) is 2.36. The first-order valence-corrected chi connectivity index (χ1v) is 8.68. The first kappa shape index (κ1) is 20.2. The zero-order chi connectivity index (χ0) is 19.5. The van der Waals surface area contributed by atoms with Crippen LogP contribution >= 0.6 is 0 Å². The summed E-state index contributed by atoms with van der Waals surface area (Å²) in [7, 11) is 0. The van der Waals surface area contributed by atoms with Crippen molar-refractivity contribution in [3.05, 3.63) is 64.5 Å². The van der Waals surface area contributed by atoms with Crippen LogP contribution in [-0.2, 0) is 4.79 Å². The molecule has 0 bridgehead atoms. The highest BCUT2D eigenvalue weighted by Crippen LogP contribution is 2.22. The minimum Gasteiger partial charge on any atom is -0.494 e. The van der Waals surface area contributed by atoms with Gasteiger partial charge in [0.25, 0.3) is 5.69 Å². The van der Waals surface area contributed by atoms with Crippen LogP contribution in [-0.4, -0.2) is 30.5 Å². The number of nitrogens with zero attached hydrogens (tertiary/aromatic N) is 1. The fourth-order valence-corrected chi connectivity index (χ4v) is 2.36. The van der Waals surface area contributed by atoms with Crippen LogP contribution in [0.1, 0.15) is 19.3 Å². The van der Waals surface area contributed by atoms with E-state index in [1.165, 1.54) is 18.2 Å². The van der Waals surface area contributed by atoms with Crippen molar-refractivity contribution >= 4 is 17.3 Å². The number of unbranched alkanes of at least 4 members (excludes halogenated alkanes) is 1. The number of halogens is 1. The van der Waals surface area contributed by atoms with Crippen LogP contribution in [0.3, 0.4) is 0 Å². The number of hydrogen-bond donors (Lipinski definition) is 2. The van der Waals surface area contributed by atoms with Crippen molar-refractivity contribution in [3.63, 3.8) is 0 Å². The normalized spacial score (nSPS) is 10.3. The SMILES string of the molecule is O=C(CCNc1ccccc1[N+](=O)[O-])NCCCCOc1ccc(F)cc1. The molecule has 0 aromatic heterocycles. The maximum Gasteiger partial charge on any atom is 0.292 e. The first-order chi connectivity index (χ1) is 13.1. The molecule has 27 heavy (non-hydrogen) atoms. The Labute approximate surface area is 156 Å². The second-order valence-electron chi connectivity index (χ2n) is 5.81. The number of benzene rings is 2. The summed E-state index contributed by atoms with van der Waals surface area (Å²) in [6.07, 6.45) is 1.73. The van der Waals surface area contributed by atoms with E-state index < -0.39 is 4.92 Å². The van der Waals surface area contributed by atoms with Crippen molar-refractivity contribution < 1.29 is 18.8 Å². The zero-order valence-electron chi connectivity index (χ0n) is 14.8. The molecule has 7 nitrogen and oxygen atoms in total. The molecule has 0 aliphatic rings. The molecule has 0 radical (unpaired) electrons. The lowest BCUT2D eigenvalue weighted by molar-refractivity contribution is -0.384. The van der Waals surface area contributed by atoms with Crippen molar-refractivity contribution in [1.29, 1.82) is 0 Å². The van der Waals surface area contributed by atoms with E-state index in [-0.39, 0.29) is 23.8 Å². The van der Waals surface area contributed by atoms with Gasteiger partial charge in [0, 0.05) is 25.6 Å². The predicted octanol–water partition coefficient (Wildman–Crippen LogP) is 3.51. The second-order valence-corrected chi connectivity index (χ2v) is 5.81. The average Bonchev–Trinajstić information content (AvgIpc) is 2.66. The number of anilines is 1. The number of nitrogens with one attached hydrogen (secondary N) is 2. The molecular formula is C19H22FN3O4. The van der Waals surface area contributed by atoms with Gasteiger partial charge in [-0.05, 0) is 43.2 Å². The number of para-hydroxylation sites is 2. The van der Waals surface area contributed by atoms with Gasteiger partial charge in [0.05, 0.1) is 11.5 Å². The third-order valence-electron chi connectivity index (χ3n) is 3.74. The molecule has 0 atom stereocenters. The molecule has 0 heterocycles. The number of rotatable bonds is 11. The monoisotopic (exact) mass is 375 g/mol. The van der Waals surface area contributed by atoms with Crippen molar-refractivity contribution in [2.75, 3.05) is 25.0 Å². The van der Waals surface area contributed by atoms with Crippen molar-refractivity contribution in [3.8, 4) is 5.75 Å². The Morgan fingerprint density at radius 1 is 1.07 bits per heavy atom. The Morgan fingerprint density at radius 3 is 2.56 bits per heavy atom. The van der Waals surface area contributed by atoms with E-state index in [1.54, 1.807) is 30.3 Å². The fraction of sp³-hybridized carbons (Fsp3) is 0.316. The van der Waals surface area contributed by atoms with Gasteiger partial charge in [-0.15, -0.1) is 0 Å². The smallest absolute Gasteiger partial charge is 0.292 e. The highest BCUT2D eigenvalue weighted by molar-refractivity contribution is 5.76. The molecule has 8 heteroatoms. The Kier molecular flexibility index (Phi) is 8.02. The van der Waals surface area contributed by atoms with Gasteiger partial charge in [0.1, 0.15) is 17.3 Å². The summed E-state index contributed by atoms with van der Waals surface area (Å²) < 4.78 is 18.2. The van der Waals surface area contributed by atoms with E-state index in [4.69, 9.17) is 4.74 Å². The summed E-state index contributed by atoms with van der Waals surface area (Å²) in [5, 5.41) is 16.6. The molecule has 2 rings (SSSR count). The van der Waals surface area contributed by atoms with Crippen LogP contribution in [0.2, 0.25) is 0 Å². The molecule has 1 amide bonds. The van der Waals surface area contributed by atoms with Crippen LogP contribution in [0, 0.1) is 15.9 Å². The molecule has 2 aromatic carbocycles. The molecule has 0 aliphatic heterocycles. The molecule has 0 fully saturated rings. The quantitative estimate of drug-likeness (QED) is 0.356. The van der Waals surface area contributed by atoms with Crippen LogP contribution < -0.4 is 15.4 Å². The predicted molar refractivity (Wildman–Crippen MR) is 100 cm³/mol. The molecule has 0 unspecified atom stereocenters. The molecule has 0 saturated heterocycles. The molecule has 2 aromatic rings. The summed E-state index contributed by atoms with van der Waals surface area (Å²) in [5.41, 5.74) is 0.382. The third kappa shape index (κ3) is 7.31. The number of nitro benzene ring substituents is 1. The van der Waals surface area contributed by atoms with E-state index in [1.807, 2.05) is 0 Å². The maximum absolute atomic E-state index is 12.8. The van der Waals surface area contributed by atoms with Crippen LogP contribution in [0.5, 0.6) is 5.75 Å². The standard InChI is InChI=1S/C19H22FN3O4/c20-15-7-9-16(10-8-15)27-14-4-3-12-22-19(24)11-13-21-17-5-1-2-6-18(17)23(25)26/h1-2,5-10,21H,3-4,11-14H2,(H,22,24). The topological polar surface area (TPSA) is 93.5 Å². The second kappa shape index (κ2) is 10.7. The molecule has 2 N–H and O–H groups in total. The van der Waals surface area contributed by atoms with Gasteiger partial charge in [-0.2, -0.15) is 0 Å². The van der Waals surface area contributed by atoms with Crippen LogP contribution in [0.25, 0.3) is 0 Å². The Balaban J connectivity index is 1.55. The first-order valence-electron chi connectivity index (χ1n) is 8.68. The summed E-state index contributed by atoms with van der Waals surface area (Å²) >= 11 is 0. The molecule has 144 valence electrons. The van der Waals surface area contributed by atoms with Gasteiger partial charge in [-0.25, -0.2) is 4.39 Å². The summed E-state index contributed by atoms with van der Waals surface area (Å²) in [5.74, 6) is 0.184. The van der Waals surface area contributed by atoms with E-state index in [2.05, 4.69) is 10.6 Å². The summed E-state index contributed by atoms with van der Waals surface area (Å²) in [6.45, 7) is 1.32. The highest BCUT2D eigenvalue weighted by atomic mass is 19.1. The van der Waals surface area contributed by atoms with E-state index in [9.17, 15) is 19.3 Å². The number of carbonyl (C=O) groups excluding carboxylic acids is 1. The maximum atomic E-state index is 12.8. The van der Waals surface area contributed by atoms with Crippen molar-refractivity contribution in [2.24, 2.45) is 0 Å². The number of nitro groups is 1. The van der Waals surface area contributed by atoms with E-state index in [0.29, 0.717) is 31.1 Å². The van der Waals surface area contributed by atoms with Gasteiger partial charge >= 0.3 is 0 Å². The third-order valence-corrected chi connectivity index (χ3v) is 3.74. The summed E-state index contributed by atoms with van der Waals surface area (Å²) in [4.78, 5) is 22.2. The Bertz CT molecular complexity index is 753. The van der Waals surface area contributed by atoms with Gasteiger partial charge in [-0.3, -0.25) is 14.9 Å². The van der Waals surface area contributed by atoms with Gasteiger partial charge < -0.3 is 15.4 Å². The molecule has 0 spiro atoms. The minimum atomic E-state index is -0.462. The van der Waals surface area contributed by atoms with Crippen molar-refractivity contribution in [2.45, 2.75) is 19.3 Å². The van der Waals surface area contributed by atoms with Gasteiger partial charge in [0.2, 0.25) is 5.91 Å². The molecular weight excluding hydrogens is 353 g/mol. The number of ether oxygens (including phenoxy) is 1. The summed E-state index contributed by atoms with van der Waals surface area (Å²) in [6, 6.07) is 12.1. The van der Waals surface area contributed by atoms with Gasteiger partial charge in [-0.1, -0.05) is 12.1 Å². The largest absolute Gasteiger partial charge is 0.494 e. The van der Waals surface area contributed by atoms with Crippen LogP contribution in [0.15, 0.2) is 48.5 Å². The van der Waals surface area contributed by atoms with E-state index >= 15 is 0 Å².